The van der Waals surface area contributed by atoms with Crippen molar-refractivity contribution < 1.29 is 8.78 Å². The van der Waals surface area contributed by atoms with Crippen LogP contribution >= 0.6 is 27.5 Å². The third-order valence-electron chi connectivity index (χ3n) is 2.73. The summed E-state index contributed by atoms with van der Waals surface area (Å²) in [6, 6.07) is 9.56. The van der Waals surface area contributed by atoms with Crippen LogP contribution in [0.25, 0.3) is 0 Å². The lowest BCUT2D eigenvalue weighted by atomic mass is 10.0. The van der Waals surface area contributed by atoms with E-state index < -0.39 is 16.5 Å². The highest BCUT2D eigenvalue weighted by molar-refractivity contribution is 9.09. The average Bonchev–Trinajstić information content (AvgIpc) is 2.33. The number of benzene rings is 2. The fraction of sp³-hybridized carbons (Fsp3) is 0.143. The lowest BCUT2D eigenvalue weighted by molar-refractivity contribution is 0.569. The molecule has 0 fully saturated rings. The highest BCUT2D eigenvalue weighted by atomic mass is 79.9. The maximum absolute atomic E-state index is 13.8. The van der Waals surface area contributed by atoms with Crippen molar-refractivity contribution in [3.05, 3.63) is 69.7 Å². The Bertz CT molecular complexity index is 584. The van der Waals surface area contributed by atoms with E-state index >= 15 is 0 Å². The van der Waals surface area contributed by atoms with Crippen LogP contribution in [-0.4, -0.2) is 0 Å². The fourth-order valence-corrected chi connectivity index (χ4v) is 2.85. The second-order valence-corrected chi connectivity index (χ2v) is 5.33. The van der Waals surface area contributed by atoms with E-state index in [1.165, 1.54) is 6.07 Å². The summed E-state index contributed by atoms with van der Waals surface area (Å²) < 4.78 is 27.0. The van der Waals surface area contributed by atoms with E-state index in [4.69, 9.17) is 11.6 Å². The van der Waals surface area contributed by atoms with E-state index in [-0.39, 0.29) is 0 Å². The zero-order valence-corrected chi connectivity index (χ0v) is 11.9. The molecule has 0 spiro atoms. The van der Waals surface area contributed by atoms with Crippen LogP contribution in [0.2, 0.25) is 5.02 Å². The third-order valence-corrected chi connectivity index (χ3v) is 4.06. The molecule has 0 aliphatic rings. The van der Waals surface area contributed by atoms with Crippen molar-refractivity contribution in [2.45, 2.75) is 11.8 Å². The van der Waals surface area contributed by atoms with Crippen LogP contribution in [0.4, 0.5) is 8.78 Å². The van der Waals surface area contributed by atoms with Gasteiger partial charge in [0.15, 0.2) is 0 Å². The van der Waals surface area contributed by atoms with Crippen LogP contribution in [0.3, 0.4) is 0 Å². The molecular weight excluding hydrogens is 322 g/mol. The van der Waals surface area contributed by atoms with E-state index in [0.29, 0.717) is 16.1 Å². The first-order valence-corrected chi connectivity index (χ1v) is 6.64. The Morgan fingerprint density at radius 3 is 2.39 bits per heavy atom. The molecule has 2 aromatic rings. The summed E-state index contributed by atoms with van der Waals surface area (Å²) in [6.07, 6.45) is 0. The summed E-state index contributed by atoms with van der Waals surface area (Å²) in [7, 11) is 0. The number of halogens is 4. The molecule has 0 nitrogen and oxygen atoms in total. The summed E-state index contributed by atoms with van der Waals surface area (Å²) in [4.78, 5) is -0.398. The van der Waals surface area contributed by atoms with E-state index in [1.807, 2.05) is 6.07 Å². The summed E-state index contributed by atoms with van der Waals surface area (Å²) in [5.41, 5.74) is 1.54. The minimum atomic E-state index is -0.583. The molecule has 1 atom stereocenters. The molecule has 4 heteroatoms. The second kappa shape index (κ2) is 5.37. The van der Waals surface area contributed by atoms with Gasteiger partial charge in [0.05, 0.1) is 4.83 Å². The van der Waals surface area contributed by atoms with Crippen LogP contribution in [-0.2, 0) is 0 Å². The Morgan fingerprint density at radius 2 is 1.72 bits per heavy atom. The monoisotopic (exact) mass is 330 g/mol. The van der Waals surface area contributed by atoms with Crippen LogP contribution in [0.15, 0.2) is 36.4 Å². The zero-order chi connectivity index (χ0) is 13.3. The molecule has 0 saturated heterocycles. The number of alkyl halides is 1. The average molecular weight is 332 g/mol. The van der Waals surface area contributed by atoms with E-state index in [2.05, 4.69) is 15.9 Å². The molecule has 94 valence electrons. The molecule has 18 heavy (non-hydrogen) atoms. The van der Waals surface area contributed by atoms with E-state index in [9.17, 15) is 8.78 Å². The predicted octanol–water partition coefficient (Wildman–Crippen LogP) is 5.41. The quantitative estimate of drug-likeness (QED) is 0.645. The summed E-state index contributed by atoms with van der Waals surface area (Å²) in [6.45, 7) is 1.60. The Labute approximate surface area is 118 Å². The highest BCUT2D eigenvalue weighted by Gasteiger charge is 2.18. The van der Waals surface area contributed by atoms with Gasteiger partial charge in [-0.1, -0.05) is 45.7 Å². The first-order chi connectivity index (χ1) is 8.50. The summed E-state index contributed by atoms with van der Waals surface area (Å²) in [5.74, 6) is -1.13. The number of hydrogen-bond donors (Lipinski definition) is 0. The molecule has 1 unspecified atom stereocenters. The molecule has 0 aromatic heterocycles. The lowest BCUT2D eigenvalue weighted by Gasteiger charge is -2.14. The third kappa shape index (κ3) is 2.57. The minimum Gasteiger partial charge on any atom is -0.207 e. The molecule has 0 saturated carbocycles. The molecule has 0 amide bonds. The van der Waals surface area contributed by atoms with Crippen LogP contribution in [0.5, 0.6) is 0 Å². The van der Waals surface area contributed by atoms with Crippen LogP contribution in [0.1, 0.15) is 21.5 Å². The van der Waals surface area contributed by atoms with Crippen molar-refractivity contribution >= 4 is 27.5 Å². The van der Waals surface area contributed by atoms with Crippen molar-refractivity contribution in [1.82, 2.24) is 0 Å². The topological polar surface area (TPSA) is 0 Å². The second-order valence-electron chi connectivity index (χ2n) is 4.01. The number of aryl methyl sites for hydroxylation is 1. The van der Waals surface area contributed by atoms with Crippen molar-refractivity contribution in [1.29, 1.82) is 0 Å². The van der Waals surface area contributed by atoms with Gasteiger partial charge < -0.3 is 0 Å². The van der Waals surface area contributed by atoms with Gasteiger partial charge >= 0.3 is 0 Å². The first kappa shape index (κ1) is 13.5. The minimum absolute atomic E-state index is 0.377. The van der Waals surface area contributed by atoms with Gasteiger partial charge in [0.25, 0.3) is 0 Å². The highest BCUT2D eigenvalue weighted by Crippen LogP contribution is 2.36. The van der Waals surface area contributed by atoms with Gasteiger partial charge in [-0.3, -0.25) is 0 Å². The SMILES string of the molecule is Cc1cc(C(Br)c2ccccc2Cl)c(F)cc1F. The number of hydrogen-bond acceptors (Lipinski definition) is 0. The normalized spacial score (nSPS) is 12.5. The Kier molecular flexibility index (Phi) is 4.03. The summed E-state index contributed by atoms with van der Waals surface area (Å²) in [5, 5.41) is 0.542. The standard InChI is InChI=1S/C14H10BrClF2/c1-8-6-10(13(18)7-12(8)17)14(15)9-4-2-3-5-11(9)16/h2-7,14H,1H3. The maximum atomic E-state index is 13.8. The van der Waals surface area contributed by atoms with Crippen LogP contribution < -0.4 is 0 Å². The van der Waals surface area contributed by atoms with E-state index in [0.717, 1.165) is 11.6 Å². The summed E-state index contributed by atoms with van der Waals surface area (Å²) >= 11 is 9.47. The van der Waals surface area contributed by atoms with Crippen LogP contribution in [0, 0.1) is 18.6 Å². The fourth-order valence-electron chi connectivity index (χ4n) is 1.72. The molecule has 0 aliphatic heterocycles. The molecular formula is C14H10BrClF2. The maximum Gasteiger partial charge on any atom is 0.130 e. The van der Waals surface area contributed by atoms with Crippen molar-refractivity contribution in [2.24, 2.45) is 0 Å². The van der Waals surface area contributed by atoms with Crippen molar-refractivity contribution in [3.63, 3.8) is 0 Å². The molecule has 2 rings (SSSR count). The van der Waals surface area contributed by atoms with Gasteiger partial charge in [-0.05, 0) is 30.2 Å². The van der Waals surface area contributed by atoms with Crippen molar-refractivity contribution in [2.75, 3.05) is 0 Å². The van der Waals surface area contributed by atoms with Gasteiger partial charge in [-0.2, -0.15) is 0 Å². The lowest BCUT2D eigenvalue weighted by Crippen LogP contribution is -2.00. The van der Waals surface area contributed by atoms with Gasteiger partial charge in [0.1, 0.15) is 11.6 Å². The first-order valence-electron chi connectivity index (χ1n) is 5.34. The molecule has 2 aromatic carbocycles. The Hall–Kier alpha value is -0.930. The van der Waals surface area contributed by atoms with Gasteiger partial charge in [0, 0.05) is 16.7 Å². The molecule has 0 radical (unpaired) electrons. The largest absolute Gasteiger partial charge is 0.207 e. The molecule has 0 bridgehead atoms. The molecule has 0 N–H and O–H groups in total. The van der Waals surface area contributed by atoms with E-state index in [1.54, 1.807) is 25.1 Å². The van der Waals surface area contributed by atoms with Gasteiger partial charge in [-0.25, -0.2) is 8.78 Å². The zero-order valence-electron chi connectivity index (χ0n) is 9.55. The predicted molar refractivity (Wildman–Crippen MR) is 73.3 cm³/mol. The van der Waals surface area contributed by atoms with Gasteiger partial charge in [-0.15, -0.1) is 0 Å². The Balaban J connectivity index is 2.50. The smallest absolute Gasteiger partial charge is 0.130 e. The van der Waals surface area contributed by atoms with Gasteiger partial charge in [0.2, 0.25) is 0 Å². The molecule has 0 aliphatic carbocycles. The van der Waals surface area contributed by atoms with Crippen molar-refractivity contribution in [3.8, 4) is 0 Å². The molecule has 0 heterocycles. The number of rotatable bonds is 2. The Morgan fingerprint density at radius 1 is 1.06 bits per heavy atom.